The van der Waals surface area contributed by atoms with E-state index in [-0.39, 0.29) is 12.0 Å². The van der Waals surface area contributed by atoms with Gasteiger partial charge in [0.05, 0.1) is 16.9 Å². The van der Waals surface area contributed by atoms with E-state index in [1.54, 1.807) is 23.1 Å². The lowest BCUT2D eigenvalue weighted by Gasteiger charge is -2.37. The Balaban J connectivity index is 1.73. The average molecular weight is 421 g/mol. The van der Waals surface area contributed by atoms with Crippen molar-refractivity contribution in [2.75, 3.05) is 36.4 Å². The average Bonchev–Trinajstić information content (AvgIpc) is 2.72. The second kappa shape index (κ2) is 9.09. The number of hydrogen-bond acceptors (Lipinski definition) is 5. The zero-order valence-corrected chi connectivity index (χ0v) is 18.4. The van der Waals surface area contributed by atoms with Crippen LogP contribution in [-0.4, -0.2) is 48.7 Å². The summed E-state index contributed by atoms with van der Waals surface area (Å²) in [5.74, 6) is -0.257. The maximum absolute atomic E-state index is 12.7. The van der Waals surface area contributed by atoms with Crippen molar-refractivity contribution < 1.29 is 14.3 Å². The first-order valence-electron chi connectivity index (χ1n) is 10.3. The smallest absolute Gasteiger partial charge is 0.410 e. The van der Waals surface area contributed by atoms with Crippen LogP contribution in [0, 0.1) is 18.3 Å². The minimum absolute atomic E-state index is 0.257. The topological polar surface area (TPSA) is 85.7 Å². The molecule has 1 N–H and O–H groups in total. The Labute approximate surface area is 183 Å². The van der Waals surface area contributed by atoms with E-state index < -0.39 is 5.60 Å². The number of nitriles is 1. The van der Waals surface area contributed by atoms with Crippen LogP contribution in [0.15, 0.2) is 42.5 Å². The van der Waals surface area contributed by atoms with E-state index >= 15 is 0 Å². The highest BCUT2D eigenvalue weighted by atomic mass is 16.6. The van der Waals surface area contributed by atoms with Crippen molar-refractivity contribution >= 4 is 23.4 Å². The van der Waals surface area contributed by atoms with Gasteiger partial charge in [0.25, 0.3) is 5.91 Å². The number of carbonyl (C=O) groups excluding carboxylic acids is 2. The summed E-state index contributed by atoms with van der Waals surface area (Å²) in [6, 6.07) is 15.0. The number of benzene rings is 2. The third kappa shape index (κ3) is 5.54. The molecule has 0 bridgehead atoms. The Morgan fingerprint density at radius 3 is 2.35 bits per heavy atom. The number of nitrogens with zero attached hydrogens (tertiary/aromatic N) is 3. The largest absolute Gasteiger partial charge is 0.444 e. The van der Waals surface area contributed by atoms with E-state index in [0.29, 0.717) is 43.0 Å². The van der Waals surface area contributed by atoms with E-state index in [4.69, 9.17) is 4.74 Å². The number of piperazine rings is 1. The molecule has 0 atom stereocenters. The van der Waals surface area contributed by atoms with Crippen LogP contribution in [0.3, 0.4) is 0 Å². The molecule has 1 saturated heterocycles. The molecule has 0 aliphatic carbocycles. The maximum atomic E-state index is 12.7. The number of hydrogen-bond donors (Lipinski definition) is 1. The lowest BCUT2D eigenvalue weighted by atomic mass is 10.1. The molecular formula is C24H28N4O3. The highest BCUT2D eigenvalue weighted by Gasteiger charge is 2.27. The van der Waals surface area contributed by atoms with Gasteiger partial charge in [-0.05, 0) is 52.0 Å². The minimum Gasteiger partial charge on any atom is -0.444 e. The number of carbonyl (C=O) groups is 2. The molecule has 2 aromatic carbocycles. The van der Waals surface area contributed by atoms with E-state index in [9.17, 15) is 14.9 Å². The van der Waals surface area contributed by atoms with Crippen LogP contribution in [0.25, 0.3) is 0 Å². The molecule has 0 aromatic heterocycles. The summed E-state index contributed by atoms with van der Waals surface area (Å²) in [4.78, 5) is 28.7. The van der Waals surface area contributed by atoms with Gasteiger partial charge in [0.15, 0.2) is 0 Å². The Hall–Kier alpha value is -3.53. The fourth-order valence-corrected chi connectivity index (χ4v) is 3.46. The van der Waals surface area contributed by atoms with Gasteiger partial charge in [-0.15, -0.1) is 0 Å². The van der Waals surface area contributed by atoms with Gasteiger partial charge in [-0.25, -0.2) is 4.79 Å². The van der Waals surface area contributed by atoms with E-state index in [1.165, 1.54) is 0 Å². The molecule has 0 unspecified atom stereocenters. The number of nitrogens with one attached hydrogen (secondary N) is 1. The molecule has 0 saturated carbocycles. The lowest BCUT2D eigenvalue weighted by molar-refractivity contribution is 0.0240. The second-order valence-electron chi connectivity index (χ2n) is 8.59. The first kappa shape index (κ1) is 22.2. The maximum Gasteiger partial charge on any atom is 0.410 e. The van der Waals surface area contributed by atoms with Crippen LogP contribution in [-0.2, 0) is 4.74 Å². The Bertz CT molecular complexity index is 1010. The van der Waals surface area contributed by atoms with Gasteiger partial charge < -0.3 is 19.9 Å². The van der Waals surface area contributed by atoms with Crippen molar-refractivity contribution in [2.45, 2.75) is 33.3 Å². The number of aryl methyl sites for hydroxylation is 1. The first-order chi connectivity index (χ1) is 14.7. The van der Waals surface area contributed by atoms with Gasteiger partial charge in [-0.2, -0.15) is 5.26 Å². The van der Waals surface area contributed by atoms with Gasteiger partial charge in [0.1, 0.15) is 11.7 Å². The SMILES string of the molecule is Cc1cccc(C(=O)Nc2cccc(N3CCN(C(=O)OC(C)(C)C)CC3)c2C#N)c1. The predicted molar refractivity (Wildman–Crippen MR) is 120 cm³/mol. The molecule has 2 aromatic rings. The fraction of sp³-hybridized carbons (Fsp3) is 0.375. The third-order valence-electron chi connectivity index (χ3n) is 4.95. The standard InChI is InChI=1S/C24H28N4O3/c1-17-7-5-8-18(15-17)22(29)26-20-9-6-10-21(19(20)16-25)27-11-13-28(14-12-27)23(30)31-24(2,3)4/h5-10,15H,11-14H2,1-4H3,(H,26,29). The zero-order chi connectivity index (χ0) is 22.6. The summed E-state index contributed by atoms with van der Waals surface area (Å²) < 4.78 is 5.44. The highest BCUT2D eigenvalue weighted by molar-refractivity contribution is 6.05. The summed E-state index contributed by atoms with van der Waals surface area (Å²) in [5, 5.41) is 12.7. The van der Waals surface area contributed by atoms with Crippen molar-refractivity contribution in [1.82, 2.24) is 4.90 Å². The predicted octanol–water partition coefficient (Wildman–Crippen LogP) is 4.18. The summed E-state index contributed by atoms with van der Waals surface area (Å²) in [6.07, 6.45) is -0.327. The number of ether oxygens (including phenoxy) is 1. The number of amides is 2. The Morgan fingerprint density at radius 1 is 1.06 bits per heavy atom. The second-order valence-corrected chi connectivity index (χ2v) is 8.59. The van der Waals surface area contributed by atoms with Crippen molar-refractivity contribution in [2.24, 2.45) is 0 Å². The lowest BCUT2D eigenvalue weighted by Crippen LogP contribution is -2.50. The summed E-state index contributed by atoms with van der Waals surface area (Å²) >= 11 is 0. The summed E-state index contributed by atoms with van der Waals surface area (Å²) in [6.45, 7) is 9.60. The van der Waals surface area contributed by atoms with Crippen LogP contribution >= 0.6 is 0 Å². The molecule has 3 rings (SSSR count). The van der Waals surface area contributed by atoms with Crippen LogP contribution in [0.2, 0.25) is 0 Å². The molecule has 0 radical (unpaired) electrons. The molecule has 31 heavy (non-hydrogen) atoms. The van der Waals surface area contributed by atoms with E-state index in [0.717, 1.165) is 11.3 Å². The van der Waals surface area contributed by atoms with Crippen molar-refractivity contribution in [3.63, 3.8) is 0 Å². The molecule has 1 heterocycles. The molecule has 0 spiro atoms. The molecule has 1 aliphatic rings. The molecule has 7 heteroatoms. The molecule has 7 nitrogen and oxygen atoms in total. The first-order valence-corrected chi connectivity index (χ1v) is 10.3. The van der Waals surface area contributed by atoms with Crippen molar-refractivity contribution in [1.29, 1.82) is 5.26 Å². The van der Waals surface area contributed by atoms with Crippen LogP contribution in [0.1, 0.15) is 42.3 Å². The van der Waals surface area contributed by atoms with Crippen molar-refractivity contribution in [3.8, 4) is 6.07 Å². The third-order valence-corrected chi connectivity index (χ3v) is 4.95. The van der Waals surface area contributed by atoms with Gasteiger partial charge in [0, 0.05) is 31.7 Å². The van der Waals surface area contributed by atoms with E-state index in [1.807, 2.05) is 52.0 Å². The number of anilines is 2. The monoisotopic (exact) mass is 420 g/mol. The van der Waals surface area contributed by atoms with Gasteiger partial charge in [0.2, 0.25) is 0 Å². The zero-order valence-electron chi connectivity index (χ0n) is 18.4. The van der Waals surface area contributed by atoms with Gasteiger partial charge in [-0.3, -0.25) is 4.79 Å². The minimum atomic E-state index is -0.536. The normalized spacial score (nSPS) is 14.0. The van der Waals surface area contributed by atoms with Crippen LogP contribution in [0.4, 0.5) is 16.2 Å². The molecule has 162 valence electrons. The Morgan fingerprint density at radius 2 is 1.74 bits per heavy atom. The van der Waals surface area contributed by atoms with Crippen LogP contribution in [0.5, 0.6) is 0 Å². The summed E-state index contributed by atoms with van der Waals surface area (Å²) in [7, 11) is 0. The van der Waals surface area contributed by atoms with Gasteiger partial charge >= 0.3 is 6.09 Å². The number of rotatable bonds is 3. The highest BCUT2D eigenvalue weighted by Crippen LogP contribution is 2.28. The van der Waals surface area contributed by atoms with E-state index in [2.05, 4.69) is 16.3 Å². The Kier molecular flexibility index (Phi) is 6.50. The summed E-state index contributed by atoms with van der Waals surface area (Å²) in [5.41, 5.74) is 2.63. The molecule has 1 fully saturated rings. The van der Waals surface area contributed by atoms with Crippen LogP contribution < -0.4 is 10.2 Å². The molecular weight excluding hydrogens is 392 g/mol. The fourth-order valence-electron chi connectivity index (χ4n) is 3.46. The molecule has 1 aliphatic heterocycles. The van der Waals surface area contributed by atoms with Gasteiger partial charge in [-0.1, -0.05) is 23.8 Å². The molecule has 2 amide bonds. The quantitative estimate of drug-likeness (QED) is 0.805. The van der Waals surface area contributed by atoms with Crippen molar-refractivity contribution in [3.05, 3.63) is 59.2 Å².